The van der Waals surface area contributed by atoms with E-state index in [2.05, 4.69) is 246 Å². The lowest BCUT2D eigenvalue weighted by Gasteiger charge is -2.47. The Hall–Kier alpha value is -6.46. The maximum atomic E-state index is 7.66. The van der Waals surface area contributed by atoms with Gasteiger partial charge in [0.1, 0.15) is 5.58 Å². The Balaban J connectivity index is 1.17. The molecule has 0 radical (unpaired) electrons. The van der Waals surface area contributed by atoms with Crippen LogP contribution in [-0.2, 0) is 37.9 Å². The monoisotopic (exact) mass is 1010 g/mol. The second-order valence-corrected chi connectivity index (χ2v) is 29.4. The van der Waals surface area contributed by atoms with E-state index in [0.717, 1.165) is 48.3 Å². The van der Waals surface area contributed by atoms with Gasteiger partial charge in [-0.15, -0.1) is 0 Å². The van der Waals surface area contributed by atoms with Crippen molar-refractivity contribution in [2.75, 3.05) is 9.80 Å². The van der Waals surface area contributed by atoms with Gasteiger partial charge in [0.2, 0.25) is 0 Å². The summed E-state index contributed by atoms with van der Waals surface area (Å²) in [5.41, 5.74) is 25.6. The molecule has 0 spiro atoms. The molecule has 4 nitrogen and oxygen atoms in total. The highest BCUT2D eigenvalue weighted by atomic mass is 16.3. The van der Waals surface area contributed by atoms with E-state index in [4.69, 9.17) is 4.42 Å². The van der Waals surface area contributed by atoms with E-state index in [1.165, 1.54) is 118 Å². The van der Waals surface area contributed by atoms with E-state index in [-0.39, 0.29) is 44.6 Å². The SMILES string of the molecule is CC(C)(C)c1ccc2oc3c(c2c1)N(c1ccc2c(c1)C(C)(C)CCC2(C)C)c1cc(-n2c4ccccc4c4ccccc42)cc2c1B3c1cc3c(cc1N2c1ccc2c(c1)C(C)(C)CCC2(C)C)C(C)(C)CCC3(C)C. The zero-order chi connectivity index (χ0) is 53.9. The minimum absolute atomic E-state index is 0.00162. The lowest BCUT2D eigenvalue weighted by Crippen LogP contribution is -2.61. The normalized spacial score (nSPS) is 19.9. The summed E-state index contributed by atoms with van der Waals surface area (Å²) in [5.74, 6) is 0. The molecule has 7 aromatic carbocycles. The van der Waals surface area contributed by atoms with Crippen molar-refractivity contribution < 1.29 is 4.42 Å². The fourth-order valence-corrected chi connectivity index (χ4v) is 15.3. The molecule has 2 aromatic heterocycles. The molecule has 4 heterocycles. The van der Waals surface area contributed by atoms with Crippen LogP contribution in [0.4, 0.5) is 34.1 Å². The maximum absolute atomic E-state index is 7.66. The molecule has 9 aromatic rings. The number of furan rings is 1. The number of fused-ring (bicyclic) bond motifs is 12. The fourth-order valence-electron chi connectivity index (χ4n) is 15.3. The van der Waals surface area contributed by atoms with Crippen molar-refractivity contribution in [1.29, 1.82) is 0 Å². The Morgan fingerprint density at radius 1 is 0.416 bits per heavy atom. The van der Waals surface area contributed by atoms with Crippen LogP contribution in [-0.4, -0.2) is 11.3 Å². The average molecular weight is 1010 g/mol. The van der Waals surface area contributed by atoms with Crippen LogP contribution in [0, 0.1) is 0 Å². The molecule has 5 heteroatoms. The summed E-state index contributed by atoms with van der Waals surface area (Å²) < 4.78 is 10.2. The Morgan fingerprint density at radius 3 is 1.39 bits per heavy atom. The van der Waals surface area contributed by atoms with Crippen LogP contribution in [0.1, 0.15) is 181 Å². The maximum Gasteiger partial charge on any atom is 0.297 e. The van der Waals surface area contributed by atoms with E-state index in [1.54, 1.807) is 0 Å². The van der Waals surface area contributed by atoms with Crippen molar-refractivity contribution in [1.82, 2.24) is 4.57 Å². The molecule has 2 aliphatic heterocycles. The van der Waals surface area contributed by atoms with Gasteiger partial charge in [-0.2, -0.15) is 0 Å². The van der Waals surface area contributed by atoms with E-state index in [1.807, 2.05) is 0 Å². The number of hydrogen-bond acceptors (Lipinski definition) is 3. The summed E-state index contributed by atoms with van der Waals surface area (Å²) >= 11 is 0. The smallest absolute Gasteiger partial charge is 0.297 e. The van der Waals surface area contributed by atoms with Crippen molar-refractivity contribution >= 4 is 90.2 Å². The molecule has 0 unspecified atom stereocenters. The largest absolute Gasteiger partial charge is 0.468 e. The van der Waals surface area contributed by atoms with Crippen LogP contribution in [0.3, 0.4) is 0 Å². The number of anilines is 6. The van der Waals surface area contributed by atoms with Gasteiger partial charge in [-0.1, -0.05) is 165 Å². The average Bonchev–Trinajstić information content (AvgIpc) is 4.13. The Morgan fingerprint density at radius 2 is 0.870 bits per heavy atom. The molecular weight excluding hydrogens is 934 g/mol. The minimum atomic E-state index is -0.178. The zero-order valence-electron chi connectivity index (χ0n) is 48.7. The third kappa shape index (κ3) is 6.96. The molecule has 0 atom stereocenters. The summed E-state index contributed by atoms with van der Waals surface area (Å²) in [5, 5.41) is 3.70. The van der Waals surface area contributed by atoms with E-state index in [9.17, 15) is 0 Å². The topological polar surface area (TPSA) is 24.6 Å². The first-order valence-electron chi connectivity index (χ1n) is 29.1. The second-order valence-electron chi connectivity index (χ2n) is 29.4. The molecule has 77 heavy (non-hydrogen) atoms. The lowest BCUT2D eigenvalue weighted by atomic mass is 9.35. The van der Waals surface area contributed by atoms with Crippen LogP contribution in [0.5, 0.6) is 0 Å². The van der Waals surface area contributed by atoms with Gasteiger partial charge in [-0.3, -0.25) is 0 Å². The number of para-hydroxylation sites is 2. The Bertz CT molecular complexity index is 3960. The predicted octanol–water partition coefficient (Wildman–Crippen LogP) is 18.0. The summed E-state index contributed by atoms with van der Waals surface area (Å²) in [4.78, 5) is 5.37. The minimum Gasteiger partial charge on any atom is -0.468 e. The summed E-state index contributed by atoms with van der Waals surface area (Å²) in [7, 11) is 0. The van der Waals surface area contributed by atoms with Crippen LogP contribution in [0.15, 0.2) is 132 Å². The van der Waals surface area contributed by atoms with Crippen LogP contribution >= 0.6 is 0 Å². The molecule has 3 aliphatic carbocycles. The third-order valence-electron chi connectivity index (χ3n) is 20.5. The van der Waals surface area contributed by atoms with Crippen molar-refractivity contribution in [2.24, 2.45) is 0 Å². The molecule has 0 bridgehead atoms. The molecule has 0 saturated heterocycles. The quantitative estimate of drug-likeness (QED) is 0.165. The first-order chi connectivity index (χ1) is 36.3. The van der Waals surface area contributed by atoms with Crippen LogP contribution < -0.4 is 26.4 Å². The highest BCUT2D eigenvalue weighted by Crippen LogP contribution is 2.55. The zero-order valence-corrected chi connectivity index (χ0v) is 48.7. The standard InChI is InChI=1S/C72H78BN3O/c1-66(2,3)43-24-29-62-49(36-43)64-65(77-62)73-56-41-54-55(72(14,15)35-34-71(54,12)13)42-59(56)74(44-25-27-50-52(37-44)69(8,9)32-30-67(50,4)5)60-39-46(75-57-22-18-16-20-47(57)48-21-17-19-23-58(48)75)40-61(63(60)73)76(64)45-26-28-51-53(38-45)70(10,11)33-31-68(51,6)7/h16-29,36-42H,30-35H2,1-15H3. The van der Waals surface area contributed by atoms with Crippen molar-refractivity contribution in [3.8, 4) is 5.69 Å². The number of nitrogens with zero attached hydrogens (tertiary/aromatic N) is 3. The molecule has 0 amide bonds. The van der Waals surface area contributed by atoms with Gasteiger partial charge in [0.05, 0.1) is 28.1 Å². The first kappa shape index (κ1) is 48.9. The highest BCUT2D eigenvalue weighted by Gasteiger charge is 2.50. The molecule has 0 saturated carbocycles. The number of aromatic nitrogens is 1. The van der Waals surface area contributed by atoms with Crippen LogP contribution in [0.25, 0.3) is 38.5 Å². The molecule has 14 rings (SSSR count). The van der Waals surface area contributed by atoms with Gasteiger partial charge in [0.15, 0.2) is 0 Å². The van der Waals surface area contributed by atoms with E-state index >= 15 is 0 Å². The van der Waals surface area contributed by atoms with E-state index < -0.39 is 0 Å². The lowest BCUT2D eigenvalue weighted by molar-refractivity contribution is 0.332. The number of rotatable bonds is 3. The van der Waals surface area contributed by atoms with Crippen LogP contribution in [0.2, 0.25) is 0 Å². The van der Waals surface area contributed by atoms with Gasteiger partial charge in [-0.25, -0.2) is 0 Å². The second kappa shape index (κ2) is 15.6. The number of benzene rings is 7. The van der Waals surface area contributed by atoms with Gasteiger partial charge < -0.3 is 18.8 Å². The van der Waals surface area contributed by atoms with Gasteiger partial charge >= 0.3 is 0 Å². The van der Waals surface area contributed by atoms with Gasteiger partial charge in [-0.05, 0) is 193 Å². The van der Waals surface area contributed by atoms with Gasteiger partial charge in [0.25, 0.3) is 6.71 Å². The van der Waals surface area contributed by atoms with Crippen molar-refractivity contribution in [3.63, 3.8) is 0 Å². The molecule has 5 aliphatic rings. The summed E-state index contributed by atoms with van der Waals surface area (Å²) in [6, 6.07) is 50.6. The van der Waals surface area contributed by atoms with E-state index in [0.29, 0.717) is 0 Å². The Labute approximate surface area is 459 Å². The number of hydrogen-bond donors (Lipinski definition) is 0. The molecular formula is C72H78BN3O. The van der Waals surface area contributed by atoms with Crippen molar-refractivity contribution in [3.05, 3.63) is 166 Å². The summed E-state index contributed by atoms with van der Waals surface area (Å²) in [6.07, 6.45) is 6.93. The predicted molar refractivity (Wildman–Crippen MR) is 329 cm³/mol. The third-order valence-corrected chi connectivity index (χ3v) is 20.5. The molecule has 390 valence electrons. The summed E-state index contributed by atoms with van der Waals surface area (Å²) in [6.45, 7) is 36.5. The molecule has 0 fully saturated rings. The van der Waals surface area contributed by atoms with Gasteiger partial charge in [0, 0.05) is 44.6 Å². The van der Waals surface area contributed by atoms with Crippen molar-refractivity contribution in [2.45, 2.75) is 180 Å². The Kier molecular flexibility index (Phi) is 9.93. The molecule has 0 N–H and O–H groups in total. The fraction of sp³-hybridized carbons (Fsp3) is 0.389. The highest BCUT2D eigenvalue weighted by molar-refractivity contribution is 7.00. The first-order valence-corrected chi connectivity index (χ1v) is 29.1.